The number of benzene rings is 1. The van der Waals surface area contributed by atoms with Crippen molar-refractivity contribution in [3.63, 3.8) is 0 Å². The van der Waals surface area contributed by atoms with E-state index in [1.54, 1.807) is 12.1 Å². The fraction of sp³-hybridized carbons (Fsp3) is 0.529. The summed E-state index contributed by atoms with van der Waals surface area (Å²) in [7, 11) is -3.55. The summed E-state index contributed by atoms with van der Waals surface area (Å²) in [4.78, 5) is 23.2. The predicted octanol–water partition coefficient (Wildman–Crippen LogP) is 1.25. The average Bonchev–Trinajstić information content (AvgIpc) is 3.14. The van der Waals surface area contributed by atoms with Gasteiger partial charge in [-0.15, -0.1) is 0 Å². The summed E-state index contributed by atoms with van der Waals surface area (Å²) in [6, 6.07) is 5.31. The first kappa shape index (κ1) is 20.3. The maximum absolute atomic E-state index is 12.6. The first-order valence-electron chi connectivity index (χ1n) is 8.71. The van der Waals surface area contributed by atoms with Crippen molar-refractivity contribution in [2.45, 2.75) is 43.5 Å². The standard InChI is InChI=1S/C17H25N3O5S/c1-2-6-15(17(22)23)18-12-16(21)19-13-7-5-8-14(11-13)26(24,25)20-9-3-4-10-20/h5,7-8,11,15,18H,2-4,6,9-10,12H2,1H3,(H,19,21)(H,22,23). The molecule has 0 spiro atoms. The largest absolute Gasteiger partial charge is 0.480 e. The van der Waals surface area contributed by atoms with Crippen molar-refractivity contribution in [2.24, 2.45) is 0 Å². The van der Waals surface area contributed by atoms with E-state index in [1.807, 2.05) is 6.92 Å². The van der Waals surface area contributed by atoms with Crippen LogP contribution in [0.1, 0.15) is 32.6 Å². The van der Waals surface area contributed by atoms with Gasteiger partial charge >= 0.3 is 5.97 Å². The lowest BCUT2D eigenvalue weighted by atomic mass is 10.2. The second-order valence-electron chi connectivity index (χ2n) is 6.25. The lowest BCUT2D eigenvalue weighted by Crippen LogP contribution is -2.41. The van der Waals surface area contributed by atoms with Crippen LogP contribution in [0.25, 0.3) is 0 Å². The number of hydrogen-bond acceptors (Lipinski definition) is 5. The van der Waals surface area contributed by atoms with Crippen molar-refractivity contribution < 1.29 is 23.1 Å². The smallest absolute Gasteiger partial charge is 0.320 e. The summed E-state index contributed by atoms with van der Waals surface area (Å²) < 4.78 is 26.6. The SMILES string of the molecule is CCCC(NCC(=O)Nc1cccc(S(=O)(=O)N2CCCC2)c1)C(=O)O. The second-order valence-corrected chi connectivity index (χ2v) is 8.19. The number of carbonyl (C=O) groups is 2. The topological polar surface area (TPSA) is 116 Å². The van der Waals surface area contributed by atoms with Crippen LogP contribution >= 0.6 is 0 Å². The van der Waals surface area contributed by atoms with E-state index in [-0.39, 0.29) is 11.4 Å². The number of nitrogens with one attached hydrogen (secondary N) is 2. The number of carboxylic acids is 1. The highest BCUT2D eigenvalue weighted by molar-refractivity contribution is 7.89. The molecule has 8 nitrogen and oxygen atoms in total. The molecule has 9 heteroatoms. The van der Waals surface area contributed by atoms with Crippen LogP contribution in [0, 0.1) is 0 Å². The number of carbonyl (C=O) groups excluding carboxylic acids is 1. The predicted molar refractivity (Wildman–Crippen MR) is 97.4 cm³/mol. The van der Waals surface area contributed by atoms with E-state index in [0.717, 1.165) is 12.8 Å². The molecule has 1 amide bonds. The number of carboxylic acid groups (broad SMARTS) is 1. The van der Waals surface area contributed by atoms with E-state index < -0.39 is 27.9 Å². The molecule has 1 fully saturated rings. The van der Waals surface area contributed by atoms with Crippen molar-refractivity contribution in [1.82, 2.24) is 9.62 Å². The van der Waals surface area contributed by atoms with Crippen molar-refractivity contribution in [3.8, 4) is 0 Å². The van der Waals surface area contributed by atoms with Gasteiger partial charge in [-0.3, -0.25) is 14.9 Å². The molecule has 2 rings (SSSR count). The van der Waals surface area contributed by atoms with Gasteiger partial charge in [0.2, 0.25) is 15.9 Å². The van der Waals surface area contributed by atoms with Crippen molar-refractivity contribution in [3.05, 3.63) is 24.3 Å². The third kappa shape index (κ3) is 5.26. The van der Waals surface area contributed by atoms with Crippen LogP contribution in [0.5, 0.6) is 0 Å². The maximum atomic E-state index is 12.6. The maximum Gasteiger partial charge on any atom is 0.320 e. The quantitative estimate of drug-likeness (QED) is 0.591. The molecule has 1 aromatic carbocycles. The number of nitrogens with zero attached hydrogens (tertiary/aromatic N) is 1. The average molecular weight is 383 g/mol. The zero-order chi connectivity index (χ0) is 19.2. The highest BCUT2D eigenvalue weighted by Gasteiger charge is 2.27. The molecule has 1 atom stereocenters. The molecule has 1 unspecified atom stereocenters. The normalized spacial score (nSPS) is 16.3. The molecule has 144 valence electrons. The molecule has 1 aliphatic heterocycles. The van der Waals surface area contributed by atoms with Gasteiger partial charge < -0.3 is 10.4 Å². The fourth-order valence-electron chi connectivity index (χ4n) is 2.83. The van der Waals surface area contributed by atoms with Crippen LogP contribution in [0.4, 0.5) is 5.69 Å². The number of sulfonamides is 1. The summed E-state index contributed by atoms with van der Waals surface area (Å²) in [5.74, 6) is -1.43. The van der Waals surface area contributed by atoms with Crippen LogP contribution in [0.3, 0.4) is 0 Å². The Labute approximate surface area is 153 Å². The first-order chi connectivity index (χ1) is 12.3. The Morgan fingerprint density at radius 3 is 2.58 bits per heavy atom. The van der Waals surface area contributed by atoms with Crippen LogP contribution in [0.15, 0.2) is 29.2 Å². The van der Waals surface area contributed by atoms with Crippen LogP contribution in [-0.4, -0.2) is 55.4 Å². The van der Waals surface area contributed by atoms with Crippen LogP contribution < -0.4 is 10.6 Å². The minimum atomic E-state index is -3.55. The molecular weight excluding hydrogens is 358 g/mol. The van der Waals surface area contributed by atoms with Gasteiger partial charge in [0.15, 0.2) is 0 Å². The molecule has 0 saturated carbocycles. The van der Waals surface area contributed by atoms with Crippen molar-refractivity contribution in [2.75, 3.05) is 25.0 Å². The van der Waals surface area contributed by atoms with E-state index in [2.05, 4.69) is 10.6 Å². The molecule has 0 aliphatic carbocycles. The fourth-order valence-corrected chi connectivity index (χ4v) is 4.40. The Hall–Kier alpha value is -1.97. The highest BCUT2D eigenvalue weighted by Crippen LogP contribution is 2.23. The summed E-state index contributed by atoms with van der Waals surface area (Å²) in [5.41, 5.74) is 0.361. The first-order valence-corrected chi connectivity index (χ1v) is 10.1. The molecule has 0 aromatic heterocycles. The van der Waals surface area contributed by atoms with Crippen LogP contribution in [0.2, 0.25) is 0 Å². The molecule has 1 aliphatic rings. The third-order valence-corrected chi connectivity index (χ3v) is 6.10. The third-order valence-electron chi connectivity index (χ3n) is 4.21. The van der Waals surface area contributed by atoms with E-state index in [0.29, 0.717) is 31.6 Å². The van der Waals surface area contributed by atoms with E-state index in [9.17, 15) is 18.0 Å². The molecule has 1 saturated heterocycles. The molecule has 1 heterocycles. The second kappa shape index (κ2) is 9.11. The lowest BCUT2D eigenvalue weighted by molar-refractivity contribution is -0.139. The number of anilines is 1. The summed E-state index contributed by atoms with van der Waals surface area (Å²) in [6.07, 6.45) is 2.81. The molecular formula is C17H25N3O5S. The van der Waals surface area contributed by atoms with Gasteiger partial charge in [0.25, 0.3) is 0 Å². The van der Waals surface area contributed by atoms with E-state index in [4.69, 9.17) is 5.11 Å². The number of hydrogen-bond donors (Lipinski definition) is 3. The minimum absolute atomic E-state index is 0.138. The van der Waals surface area contributed by atoms with Crippen LogP contribution in [-0.2, 0) is 19.6 Å². The zero-order valence-corrected chi connectivity index (χ0v) is 15.6. The van der Waals surface area contributed by atoms with Crippen molar-refractivity contribution >= 4 is 27.6 Å². The van der Waals surface area contributed by atoms with Gasteiger partial charge in [-0.2, -0.15) is 4.31 Å². The molecule has 0 radical (unpaired) electrons. The van der Waals surface area contributed by atoms with Gasteiger partial charge in [-0.05, 0) is 37.5 Å². The molecule has 26 heavy (non-hydrogen) atoms. The van der Waals surface area contributed by atoms with Gasteiger partial charge in [-0.1, -0.05) is 19.4 Å². The van der Waals surface area contributed by atoms with Gasteiger partial charge in [0.1, 0.15) is 6.04 Å². The Bertz CT molecular complexity index is 745. The minimum Gasteiger partial charge on any atom is -0.480 e. The van der Waals surface area contributed by atoms with Crippen molar-refractivity contribution in [1.29, 1.82) is 0 Å². The number of rotatable bonds is 9. The molecule has 0 bridgehead atoms. The summed E-state index contributed by atoms with van der Waals surface area (Å²) >= 11 is 0. The Balaban J connectivity index is 1.99. The summed E-state index contributed by atoms with van der Waals surface area (Å²) in [5, 5.41) is 14.4. The van der Waals surface area contributed by atoms with Gasteiger partial charge in [0, 0.05) is 18.8 Å². The summed E-state index contributed by atoms with van der Waals surface area (Å²) in [6.45, 7) is 2.72. The number of amides is 1. The number of aliphatic carboxylic acids is 1. The molecule has 3 N–H and O–H groups in total. The highest BCUT2D eigenvalue weighted by atomic mass is 32.2. The van der Waals surface area contributed by atoms with Gasteiger partial charge in [-0.25, -0.2) is 8.42 Å². The van der Waals surface area contributed by atoms with E-state index in [1.165, 1.54) is 16.4 Å². The van der Waals surface area contributed by atoms with E-state index >= 15 is 0 Å². The lowest BCUT2D eigenvalue weighted by Gasteiger charge is -2.16. The Kier molecular flexibility index (Phi) is 7.13. The monoisotopic (exact) mass is 383 g/mol. The Morgan fingerprint density at radius 1 is 1.27 bits per heavy atom. The zero-order valence-electron chi connectivity index (χ0n) is 14.8. The Morgan fingerprint density at radius 2 is 1.96 bits per heavy atom. The van der Waals surface area contributed by atoms with Gasteiger partial charge in [0.05, 0.1) is 11.4 Å². The molecule has 1 aromatic rings.